The minimum atomic E-state index is -0.159. The highest BCUT2D eigenvalue weighted by Gasteiger charge is 2.16. The van der Waals surface area contributed by atoms with E-state index in [-0.39, 0.29) is 5.82 Å². The number of hydrogen-bond acceptors (Lipinski definition) is 2. The summed E-state index contributed by atoms with van der Waals surface area (Å²) >= 11 is 0. The summed E-state index contributed by atoms with van der Waals surface area (Å²) in [5, 5.41) is 3.61. The van der Waals surface area contributed by atoms with Gasteiger partial charge >= 0.3 is 0 Å². The van der Waals surface area contributed by atoms with E-state index in [0.29, 0.717) is 12.1 Å². The van der Waals surface area contributed by atoms with Crippen LogP contribution in [0.3, 0.4) is 0 Å². The second kappa shape index (κ2) is 7.75. The zero-order valence-corrected chi connectivity index (χ0v) is 12.7. The van der Waals surface area contributed by atoms with E-state index in [9.17, 15) is 4.39 Å². The average molecular weight is 278 g/mol. The molecule has 0 bridgehead atoms. The first-order valence-corrected chi connectivity index (χ1v) is 7.87. The van der Waals surface area contributed by atoms with Crippen molar-refractivity contribution >= 4 is 0 Å². The van der Waals surface area contributed by atoms with E-state index < -0.39 is 0 Å². The monoisotopic (exact) mass is 278 g/mol. The molecule has 1 N–H and O–H groups in total. The standard InChI is InChI=1S/C17H27FN2/c1-14(12-16-6-8-17(18)9-7-16)19-13-15(2)20-10-4-3-5-11-20/h6-9,14-15,19H,3-5,10-13H2,1-2H3. The lowest BCUT2D eigenvalue weighted by molar-refractivity contribution is 0.168. The predicted molar refractivity (Wildman–Crippen MR) is 82.5 cm³/mol. The van der Waals surface area contributed by atoms with Crippen molar-refractivity contribution in [2.45, 2.75) is 51.6 Å². The molecule has 3 heteroatoms. The van der Waals surface area contributed by atoms with Gasteiger partial charge in [0.2, 0.25) is 0 Å². The fourth-order valence-corrected chi connectivity index (χ4v) is 2.91. The molecule has 2 unspecified atom stereocenters. The number of halogens is 1. The fraction of sp³-hybridized carbons (Fsp3) is 0.647. The molecule has 0 aliphatic carbocycles. The summed E-state index contributed by atoms with van der Waals surface area (Å²) in [5.74, 6) is -0.159. The lowest BCUT2D eigenvalue weighted by Crippen LogP contribution is -2.45. The van der Waals surface area contributed by atoms with E-state index >= 15 is 0 Å². The molecule has 0 amide bonds. The topological polar surface area (TPSA) is 15.3 Å². The van der Waals surface area contributed by atoms with Gasteiger partial charge in [-0.15, -0.1) is 0 Å². The van der Waals surface area contributed by atoms with Crippen LogP contribution >= 0.6 is 0 Å². The Kier molecular flexibility index (Phi) is 5.99. The van der Waals surface area contributed by atoms with Gasteiger partial charge < -0.3 is 5.32 Å². The van der Waals surface area contributed by atoms with E-state index in [1.54, 1.807) is 12.1 Å². The largest absolute Gasteiger partial charge is 0.312 e. The normalized spacial score (nSPS) is 19.8. The van der Waals surface area contributed by atoms with E-state index in [2.05, 4.69) is 24.1 Å². The van der Waals surface area contributed by atoms with Crippen LogP contribution < -0.4 is 5.32 Å². The Bertz CT molecular complexity index is 384. The summed E-state index contributed by atoms with van der Waals surface area (Å²) in [5.41, 5.74) is 1.19. The quantitative estimate of drug-likeness (QED) is 0.859. The summed E-state index contributed by atoms with van der Waals surface area (Å²) in [6.45, 7) is 8.03. The average Bonchev–Trinajstić information content (AvgIpc) is 2.48. The molecule has 1 aliphatic rings. The van der Waals surface area contributed by atoms with Gasteiger partial charge in [0.1, 0.15) is 5.82 Å². The number of piperidine rings is 1. The Morgan fingerprint density at radius 2 is 1.75 bits per heavy atom. The van der Waals surface area contributed by atoms with Gasteiger partial charge in [-0.2, -0.15) is 0 Å². The van der Waals surface area contributed by atoms with Crippen LogP contribution in [0.25, 0.3) is 0 Å². The lowest BCUT2D eigenvalue weighted by atomic mass is 10.1. The molecule has 0 spiro atoms. The molecule has 0 radical (unpaired) electrons. The number of hydrogen-bond donors (Lipinski definition) is 1. The van der Waals surface area contributed by atoms with Gasteiger partial charge in [0.25, 0.3) is 0 Å². The van der Waals surface area contributed by atoms with Crippen LogP contribution in [-0.4, -0.2) is 36.6 Å². The highest BCUT2D eigenvalue weighted by Crippen LogP contribution is 2.12. The number of nitrogens with zero attached hydrogens (tertiary/aromatic N) is 1. The van der Waals surface area contributed by atoms with E-state index in [0.717, 1.165) is 13.0 Å². The second-order valence-corrected chi connectivity index (χ2v) is 6.09. The molecule has 2 atom stereocenters. The molecule has 1 aromatic rings. The lowest BCUT2D eigenvalue weighted by Gasteiger charge is -2.33. The summed E-state index contributed by atoms with van der Waals surface area (Å²) < 4.78 is 12.9. The molecule has 0 aromatic heterocycles. The van der Waals surface area contributed by atoms with Gasteiger partial charge in [-0.05, 0) is 63.9 Å². The minimum absolute atomic E-state index is 0.159. The van der Waals surface area contributed by atoms with Crippen LogP contribution in [0.15, 0.2) is 24.3 Å². The zero-order valence-electron chi connectivity index (χ0n) is 12.7. The van der Waals surface area contributed by atoms with Crippen molar-refractivity contribution in [3.8, 4) is 0 Å². The van der Waals surface area contributed by atoms with Gasteiger partial charge in [0.05, 0.1) is 0 Å². The Morgan fingerprint density at radius 1 is 1.10 bits per heavy atom. The fourth-order valence-electron chi connectivity index (χ4n) is 2.91. The smallest absolute Gasteiger partial charge is 0.123 e. The van der Waals surface area contributed by atoms with E-state index in [4.69, 9.17) is 0 Å². The molecule has 1 heterocycles. The van der Waals surface area contributed by atoms with Crippen molar-refractivity contribution in [3.05, 3.63) is 35.6 Å². The van der Waals surface area contributed by atoms with Crippen molar-refractivity contribution in [2.75, 3.05) is 19.6 Å². The molecule has 1 aromatic carbocycles. The molecule has 1 aliphatic heterocycles. The third kappa shape index (κ3) is 4.88. The van der Waals surface area contributed by atoms with Gasteiger partial charge in [-0.3, -0.25) is 4.90 Å². The Balaban J connectivity index is 1.71. The maximum atomic E-state index is 12.9. The number of rotatable bonds is 6. The zero-order chi connectivity index (χ0) is 14.4. The predicted octanol–water partition coefficient (Wildman–Crippen LogP) is 3.22. The summed E-state index contributed by atoms with van der Waals surface area (Å²) in [6.07, 6.45) is 5.02. The molecule has 1 fully saturated rings. The second-order valence-electron chi connectivity index (χ2n) is 6.09. The number of likely N-dealkylation sites (tertiary alicyclic amines) is 1. The maximum Gasteiger partial charge on any atom is 0.123 e. The van der Waals surface area contributed by atoms with Crippen molar-refractivity contribution < 1.29 is 4.39 Å². The minimum Gasteiger partial charge on any atom is -0.312 e. The van der Waals surface area contributed by atoms with Gasteiger partial charge in [-0.25, -0.2) is 4.39 Å². The third-order valence-electron chi connectivity index (χ3n) is 4.23. The molecular formula is C17H27FN2. The molecule has 1 saturated heterocycles. The van der Waals surface area contributed by atoms with Crippen LogP contribution in [0, 0.1) is 5.82 Å². The first-order valence-electron chi connectivity index (χ1n) is 7.87. The Morgan fingerprint density at radius 3 is 2.40 bits per heavy atom. The Hall–Kier alpha value is -0.930. The van der Waals surface area contributed by atoms with Crippen LogP contribution in [0.5, 0.6) is 0 Å². The van der Waals surface area contributed by atoms with E-state index in [1.165, 1.54) is 37.9 Å². The van der Waals surface area contributed by atoms with Gasteiger partial charge in [-0.1, -0.05) is 18.6 Å². The highest BCUT2D eigenvalue weighted by atomic mass is 19.1. The van der Waals surface area contributed by atoms with Crippen molar-refractivity contribution in [2.24, 2.45) is 0 Å². The molecular weight excluding hydrogens is 251 g/mol. The summed E-state index contributed by atoms with van der Waals surface area (Å²) in [4.78, 5) is 2.58. The molecule has 112 valence electrons. The SMILES string of the molecule is CC(Cc1ccc(F)cc1)NCC(C)N1CCCCC1. The van der Waals surface area contributed by atoms with Crippen LogP contribution in [0.4, 0.5) is 4.39 Å². The van der Waals surface area contributed by atoms with E-state index in [1.807, 2.05) is 12.1 Å². The molecule has 0 saturated carbocycles. The first kappa shape index (κ1) is 15.5. The number of benzene rings is 1. The third-order valence-corrected chi connectivity index (χ3v) is 4.23. The summed E-state index contributed by atoms with van der Waals surface area (Å²) in [6, 6.07) is 7.86. The first-order chi connectivity index (χ1) is 9.65. The van der Waals surface area contributed by atoms with Gasteiger partial charge in [0.15, 0.2) is 0 Å². The number of nitrogens with one attached hydrogen (secondary N) is 1. The maximum absolute atomic E-state index is 12.9. The molecule has 2 nitrogen and oxygen atoms in total. The highest BCUT2D eigenvalue weighted by molar-refractivity contribution is 5.16. The Labute approximate surface area is 122 Å². The van der Waals surface area contributed by atoms with Crippen LogP contribution in [0.1, 0.15) is 38.7 Å². The van der Waals surface area contributed by atoms with Gasteiger partial charge in [0, 0.05) is 18.6 Å². The van der Waals surface area contributed by atoms with Crippen molar-refractivity contribution in [1.29, 1.82) is 0 Å². The summed E-state index contributed by atoms with van der Waals surface area (Å²) in [7, 11) is 0. The molecule has 2 rings (SSSR count). The molecule has 20 heavy (non-hydrogen) atoms. The van der Waals surface area contributed by atoms with Crippen LogP contribution in [0.2, 0.25) is 0 Å². The van der Waals surface area contributed by atoms with Crippen molar-refractivity contribution in [1.82, 2.24) is 10.2 Å². The van der Waals surface area contributed by atoms with Crippen LogP contribution in [-0.2, 0) is 6.42 Å². The van der Waals surface area contributed by atoms with Crippen molar-refractivity contribution in [3.63, 3.8) is 0 Å².